The number of hydrogen-bond donors (Lipinski definition) is 0. The van der Waals surface area contributed by atoms with Gasteiger partial charge in [-0.25, -0.2) is 4.39 Å². The Kier molecular flexibility index (Phi) is 6.46. The van der Waals surface area contributed by atoms with Crippen molar-refractivity contribution in [2.45, 2.75) is 6.61 Å². The van der Waals surface area contributed by atoms with Crippen molar-refractivity contribution in [2.75, 3.05) is 7.11 Å². The third-order valence-electron chi connectivity index (χ3n) is 4.36. The molecule has 0 saturated heterocycles. The van der Waals surface area contributed by atoms with Gasteiger partial charge in [0.1, 0.15) is 12.4 Å². The summed E-state index contributed by atoms with van der Waals surface area (Å²) in [7, 11) is 1.51. The molecule has 3 aromatic rings. The average Bonchev–Trinajstić information content (AvgIpc) is 2.77. The zero-order chi connectivity index (χ0) is 21.5. The number of carbonyl (C=O) groups is 1. The lowest BCUT2D eigenvalue weighted by Gasteiger charge is -2.12. The largest absolute Gasteiger partial charge is 0.545 e. The van der Waals surface area contributed by atoms with Crippen molar-refractivity contribution in [3.63, 3.8) is 0 Å². The first-order chi connectivity index (χ1) is 14.5. The molecule has 0 atom stereocenters. The van der Waals surface area contributed by atoms with Crippen LogP contribution in [0.4, 0.5) is 4.39 Å². The highest BCUT2D eigenvalue weighted by Gasteiger charge is 2.08. The lowest BCUT2D eigenvalue weighted by Crippen LogP contribution is -2.22. The monoisotopic (exact) mass is 402 g/mol. The molecule has 0 aliphatic carbocycles. The smallest absolute Gasteiger partial charge is 0.161 e. The van der Waals surface area contributed by atoms with Gasteiger partial charge in [-0.3, -0.25) is 0 Å². The third-order valence-corrected chi connectivity index (χ3v) is 4.36. The summed E-state index contributed by atoms with van der Waals surface area (Å²) in [4.78, 5) is 10.8. The summed E-state index contributed by atoms with van der Waals surface area (Å²) in [5, 5.41) is 20.3. The first-order valence-corrected chi connectivity index (χ1v) is 8.99. The minimum atomic E-state index is -1.23. The van der Waals surface area contributed by atoms with Gasteiger partial charge in [-0.15, -0.1) is 0 Å². The number of methoxy groups -OCH3 is 1. The lowest BCUT2D eigenvalue weighted by atomic mass is 10.0. The lowest BCUT2D eigenvalue weighted by molar-refractivity contribution is -0.255. The molecule has 0 saturated carbocycles. The number of carboxylic acids is 1. The molecule has 0 aliphatic rings. The minimum absolute atomic E-state index is 0.0990. The molecule has 0 amide bonds. The fourth-order valence-electron chi connectivity index (χ4n) is 2.77. The maximum atomic E-state index is 13.1. The number of allylic oxidation sites excluding steroid dienone is 1. The van der Waals surface area contributed by atoms with Crippen LogP contribution in [0.2, 0.25) is 0 Å². The van der Waals surface area contributed by atoms with E-state index in [1.54, 1.807) is 48.5 Å². The van der Waals surface area contributed by atoms with Crippen LogP contribution in [-0.4, -0.2) is 13.1 Å². The maximum absolute atomic E-state index is 13.1. The molecule has 0 fully saturated rings. The Hall–Kier alpha value is -4.11. The topological polar surface area (TPSA) is 82.4 Å². The van der Waals surface area contributed by atoms with E-state index >= 15 is 0 Å². The molecule has 30 heavy (non-hydrogen) atoms. The number of hydrogen-bond acceptors (Lipinski definition) is 5. The number of halogens is 1. The molecule has 5 nitrogen and oxygen atoms in total. The summed E-state index contributed by atoms with van der Waals surface area (Å²) in [6.45, 7) is 0.220. The van der Waals surface area contributed by atoms with Gasteiger partial charge in [0.25, 0.3) is 0 Å². The Morgan fingerprint density at radius 1 is 1.03 bits per heavy atom. The highest BCUT2D eigenvalue weighted by Crippen LogP contribution is 2.30. The van der Waals surface area contributed by atoms with Crippen LogP contribution >= 0.6 is 0 Å². The van der Waals surface area contributed by atoms with Crippen molar-refractivity contribution >= 4 is 17.6 Å². The van der Waals surface area contributed by atoms with Crippen LogP contribution in [0.15, 0.2) is 66.7 Å². The fraction of sp³-hybridized carbons (Fsp3) is 0.0833. The number of aromatic carboxylic acids is 1. The van der Waals surface area contributed by atoms with Gasteiger partial charge in [0.05, 0.1) is 24.7 Å². The second kappa shape index (κ2) is 9.39. The standard InChI is InChI=1S/C24H18FNO4/c1-29-23-13-17(12-20(14-26)18-7-9-21(25)10-8-18)4-11-22(23)30-15-16-2-5-19(6-3-16)24(27)28/h2-13H,15H2,1H3,(H,27,28)/p-1/b20-12-. The predicted molar refractivity (Wildman–Crippen MR) is 108 cm³/mol. The quantitative estimate of drug-likeness (QED) is 0.443. The second-order valence-electron chi connectivity index (χ2n) is 6.36. The molecule has 0 radical (unpaired) electrons. The molecule has 0 bridgehead atoms. The van der Waals surface area contributed by atoms with Gasteiger partial charge in [0.2, 0.25) is 0 Å². The Bertz CT molecular complexity index is 1110. The van der Waals surface area contributed by atoms with E-state index in [1.807, 2.05) is 0 Å². The highest BCUT2D eigenvalue weighted by atomic mass is 19.1. The summed E-state index contributed by atoms with van der Waals surface area (Å²) in [6, 6.07) is 19.3. The molecule has 0 spiro atoms. The molecule has 3 rings (SSSR count). The summed E-state index contributed by atoms with van der Waals surface area (Å²) in [5.41, 5.74) is 2.60. The summed E-state index contributed by atoms with van der Waals surface area (Å²) < 4.78 is 24.3. The zero-order valence-corrected chi connectivity index (χ0v) is 16.1. The first kappa shape index (κ1) is 20.6. The van der Waals surface area contributed by atoms with Crippen molar-refractivity contribution in [2.24, 2.45) is 0 Å². The molecule has 0 aromatic heterocycles. The van der Waals surface area contributed by atoms with Gasteiger partial charge in [-0.1, -0.05) is 42.5 Å². The van der Waals surface area contributed by atoms with E-state index < -0.39 is 5.97 Å². The molecular formula is C24H17FNO4-. The number of carboxylic acid groups (broad SMARTS) is 1. The second-order valence-corrected chi connectivity index (χ2v) is 6.36. The number of nitrogens with zero attached hydrogens (tertiary/aromatic N) is 1. The number of carbonyl (C=O) groups excluding carboxylic acids is 1. The molecule has 3 aromatic carbocycles. The molecule has 0 aliphatic heterocycles. The Morgan fingerprint density at radius 2 is 1.70 bits per heavy atom. The fourth-order valence-corrected chi connectivity index (χ4v) is 2.77. The molecule has 150 valence electrons. The first-order valence-electron chi connectivity index (χ1n) is 8.99. The van der Waals surface area contributed by atoms with Gasteiger partial charge >= 0.3 is 0 Å². The van der Waals surface area contributed by atoms with Crippen LogP contribution in [0, 0.1) is 17.1 Å². The normalized spacial score (nSPS) is 10.9. The average molecular weight is 402 g/mol. The summed E-state index contributed by atoms with van der Waals surface area (Å²) in [6.07, 6.45) is 1.68. The molecule has 0 unspecified atom stereocenters. The maximum Gasteiger partial charge on any atom is 0.161 e. The van der Waals surface area contributed by atoms with Crippen LogP contribution in [0.25, 0.3) is 11.6 Å². The SMILES string of the molecule is COc1cc(/C=C(/C#N)c2ccc(F)cc2)ccc1OCc1ccc(C(=O)[O-])cc1. The van der Waals surface area contributed by atoms with E-state index in [9.17, 15) is 19.6 Å². The predicted octanol–water partition coefficient (Wildman–Crippen LogP) is 3.84. The summed E-state index contributed by atoms with van der Waals surface area (Å²) >= 11 is 0. The molecule has 0 heterocycles. The highest BCUT2D eigenvalue weighted by molar-refractivity contribution is 5.89. The number of rotatable bonds is 7. The van der Waals surface area contributed by atoms with Crippen LogP contribution in [0.1, 0.15) is 27.0 Å². The molecule has 6 heteroatoms. The van der Waals surface area contributed by atoms with Crippen molar-refractivity contribution in [1.29, 1.82) is 5.26 Å². The van der Waals surface area contributed by atoms with E-state index in [0.717, 1.165) is 11.1 Å². The van der Waals surface area contributed by atoms with E-state index in [-0.39, 0.29) is 18.0 Å². The van der Waals surface area contributed by atoms with Crippen LogP contribution in [-0.2, 0) is 6.61 Å². The Balaban J connectivity index is 1.78. The van der Waals surface area contributed by atoms with Gasteiger partial charge in [0.15, 0.2) is 11.5 Å². The number of nitriles is 1. The molecular weight excluding hydrogens is 385 g/mol. The van der Waals surface area contributed by atoms with Crippen molar-refractivity contribution in [3.8, 4) is 17.6 Å². The minimum Gasteiger partial charge on any atom is -0.545 e. The van der Waals surface area contributed by atoms with Gasteiger partial charge in [0, 0.05) is 0 Å². The van der Waals surface area contributed by atoms with Crippen LogP contribution < -0.4 is 14.6 Å². The third kappa shape index (κ3) is 5.03. The van der Waals surface area contributed by atoms with Gasteiger partial charge in [-0.2, -0.15) is 5.26 Å². The number of ether oxygens (including phenoxy) is 2. The molecule has 0 N–H and O–H groups in total. The van der Waals surface area contributed by atoms with Crippen LogP contribution in [0.3, 0.4) is 0 Å². The van der Waals surface area contributed by atoms with E-state index in [2.05, 4.69) is 6.07 Å². The van der Waals surface area contributed by atoms with E-state index in [1.165, 1.54) is 31.4 Å². The van der Waals surface area contributed by atoms with E-state index in [0.29, 0.717) is 22.6 Å². The van der Waals surface area contributed by atoms with Gasteiger partial charge in [-0.05, 0) is 52.6 Å². The van der Waals surface area contributed by atoms with E-state index in [4.69, 9.17) is 9.47 Å². The van der Waals surface area contributed by atoms with Crippen molar-refractivity contribution < 1.29 is 23.8 Å². The van der Waals surface area contributed by atoms with Crippen molar-refractivity contribution in [1.82, 2.24) is 0 Å². The Labute approximate surface area is 173 Å². The summed E-state index contributed by atoms with van der Waals surface area (Å²) in [5.74, 6) is -0.621. The zero-order valence-electron chi connectivity index (χ0n) is 16.1. The van der Waals surface area contributed by atoms with Crippen LogP contribution in [0.5, 0.6) is 11.5 Å². The number of benzene rings is 3. The van der Waals surface area contributed by atoms with Gasteiger partial charge < -0.3 is 19.4 Å². The Morgan fingerprint density at radius 3 is 2.30 bits per heavy atom. The van der Waals surface area contributed by atoms with Crippen molar-refractivity contribution in [3.05, 3.63) is 94.8 Å².